The maximum absolute atomic E-state index is 13.3. The molecule has 3 aromatic heterocycles. The molecule has 3 heterocycles. The molecule has 0 bridgehead atoms. The van der Waals surface area contributed by atoms with Crippen molar-refractivity contribution < 1.29 is 4.39 Å². The van der Waals surface area contributed by atoms with Gasteiger partial charge >= 0.3 is 0 Å². The molecule has 1 aliphatic rings. The van der Waals surface area contributed by atoms with Crippen molar-refractivity contribution in [1.82, 2.24) is 19.3 Å². The van der Waals surface area contributed by atoms with Gasteiger partial charge < -0.3 is 4.57 Å². The molecular weight excluding hydrogens is 335 g/mol. The predicted molar refractivity (Wildman–Crippen MR) is 86.8 cm³/mol. The third kappa shape index (κ3) is 2.32. The largest absolute Gasteiger partial charge is 0.311 e. The number of aryl methyl sites for hydroxylation is 1. The fourth-order valence-electron chi connectivity index (χ4n) is 3.03. The Kier molecular flexibility index (Phi) is 3.28. The van der Waals surface area contributed by atoms with Gasteiger partial charge in [0.2, 0.25) is 0 Å². The first-order valence-electron chi connectivity index (χ1n) is 7.35. The van der Waals surface area contributed by atoms with Gasteiger partial charge in [-0.15, -0.1) is 0 Å². The van der Waals surface area contributed by atoms with E-state index in [1.165, 1.54) is 23.7 Å². The first-order valence-corrected chi connectivity index (χ1v) is 7.72. The Balaban J connectivity index is 1.80. The van der Waals surface area contributed by atoms with E-state index in [-0.39, 0.29) is 33.6 Å². The van der Waals surface area contributed by atoms with Crippen LogP contribution in [-0.2, 0) is 7.05 Å². The summed E-state index contributed by atoms with van der Waals surface area (Å²) in [6.07, 6.45) is 5.01. The fourth-order valence-corrected chi connectivity index (χ4v) is 3.30. The quantitative estimate of drug-likeness (QED) is 0.711. The number of nitrogens with zero attached hydrogens (tertiary/aromatic N) is 4. The summed E-state index contributed by atoms with van der Waals surface area (Å²) in [4.78, 5) is 28.3. The lowest BCUT2D eigenvalue weighted by molar-refractivity contribution is 0.616. The van der Waals surface area contributed by atoms with E-state index in [1.54, 1.807) is 12.4 Å². The molecule has 1 fully saturated rings. The smallest absolute Gasteiger partial charge is 0.274 e. The zero-order valence-electron chi connectivity index (χ0n) is 12.6. The number of pyridine rings is 2. The van der Waals surface area contributed by atoms with Crippen molar-refractivity contribution >= 4 is 22.4 Å². The zero-order valence-corrected chi connectivity index (χ0v) is 13.4. The lowest BCUT2D eigenvalue weighted by atomic mass is 10.2. The Labute approximate surface area is 140 Å². The summed E-state index contributed by atoms with van der Waals surface area (Å²) in [5.41, 5.74) is 0.0826. The maximum Gasteiger partial charge on any atom is 0.274 e. The molecule has 0 saturated heterocycles. The number of fused-ring (bicyclic) bond motifs is 1. The van der Waals surface area contributed by atoms with Crippen LogP contribution in [0.2, 0.25) is 5.15 Å². The molecule has 2 atom stereocenters. The van der Waals surface area contributed by atoms with E-state index < -0.39 is 5.82 Å². The number of hydrogen-bond donors (Lipinski definition) is 0. The summed E-state index contributed by atoms with van der Waals surface area (Å²) in [7, 11) is 1.48. The van der Waals surface area contributed by atoms with Crippen molar-refractivity contribution in [3.05, 3.63) is 68.0 Å². The third-order valence-electron chi connectivity index (χ3n) is 4.33. The van der Waals surface area contributed by atoms with Crippen LogP contribution >= 0.6 is 11.6 Å². The molecule has 0 aromatic carbocycles. The molecule has 0 spiro atoms. The highest BCUT2D eigenvalue weighted by Crippen LogP contribution is 2.50. The first-order chi connectivity index (χ1) is 11.5. The molecule has 1 saturated carbocycles. The summed E-state index contributed by atoms with van der Waals surface area (Å²) in [6.45, 7) is 0. The van der Waals surface area contributed by atoms with Gasteiger partial charge in [0.15, 0.2) is 5.15 Å². The molecule has 0 amide bonds. The summed E-state index contributed by atoms with van der Waals surface area (Å²) >= 11 is 6.11. The van der Waals surface area contributed by atoms with Gasteiger partial charge in [0, 0.05) is 42.9 Å². The molecule has 4 rings (SSSR count). The van der Waals surface area contributed by atoms with E-state index in [0.29, 0.717) is 11.8 Å². The average Bonchev–Trinajstić information content (AvgIpc) is 3.33. The Bertz CT molecular complexity index is 1090. The van der Waals surface area contributed by atoms with Crippen molar-refractivity contribution in [1.29, 1.82) is 0 Å². The molecule has 2 unspecified atom stereocenters. The minimum Gasteiger partial charge on any atom is -0.311 e. The maximum atomic E-state index is 13.3. The lowest BCUT2D eigenvalue weighted by Crippen LogP contribution is -2.24. The van der Waals surface area contributed by atoms with Gasteiger partial charge in [0.05, 0.1) is 11.6 Å². The van der Waals surface area contributed by atoms with E-state index in [0.717, 1.165) is 16.4 Å². The van der Waals surface area contributed by atoms with E-state index in [4.69, 9.17) is 11.6 Å². The van der Waals surface area contributed by atoms with Gasteiger partial charge in [0.25, 0.3) is 11.1 Å². The van der Waals surface area contributed by atoms with Crippen molar-refractivity contribution in [2.24, 2.45) is 7.05 Å². The lowest BCUT2D eigenvalue weighted by Gasteiger charge is -2.08. The number of rotatable bonds is 2. The Morgan fingerprint density at radius 3 is 2.79 bits per heavy atom. The molecular formula is C16H12ClFN4O2. The standard InChI is InChI=1S/C16H12ClFN4O2/c1-21-16(24)11-4-14(23)22(7-12(11)15(17)20-21)13-3-10(13)8-2-9(18)6-19-5-8/h2,4-7,10,13H,3H2,1H3. The van der Waals surface area contributed by atoms with Crippen LogP contribution in [0.1, 0.15) is 23.9 Å². The normalized spacial score (nSPS) is 19.6. The molecule has 122 valence electrons. The van der Waals surface area contributed by atoms with Crippen LogP contribution in [0, 0.1) is 5.82 Å². The van der Waals surface area contributed by atoms with Crippen molar-refractivity contribution in [3.8, 4) is 0 Å². The average molecular weight is 347 g/mol. The van der Waals surface area contributed by atoms with Gasteiger partial charge in [-0.1, -0.05) is 11.6 Å². The minimum atomic E-state index is -0.403. The van der Waals surface area contributed by atoms with E-state index >= 15 is 0 Å². The summed E-state index contributed by atoms with van der Waals surface area (Å²) in [5, 5.41) is 4.77. The van der Waals surface area contributed by atoms with Crippen LogP contribution in [0.25, 0.3) is 10.8 Å². The van der Waals surface area contributed by atoms with E-state index in [1.807, 2.05) is 0 Å². The van der Waals surface area contributed by atoms with Crippen LogP contribution in [0.3, 0.4) is 0 Å². The molecule has 0 N–H and O–H groups in total. The van der Waals surface area contributed by atoms with Crippen LogP contribution in [0.15, 0.2) is 40.3 Å². The minimum absolute atomic E-state index is 0.0154. The molecule has 8 heteroatoms. The van der Waals surface area contributed by atoms with Gasteiger partial charge in [-0.25, -0.2) is 9.07 Å². The third-order valence-corrected chi connectivity index (χ3v) is 4.61. The molecule has 1 aliphatic carbocycles. The van der Waals surface area contributed by atoms with Gasteiger partial charge in [-0.3, -0.25) is 14.6 Å². The van der Waals surface area contributed by atoms with Crippen molar-refractivity contribution in [2.75, 3.05) is 0 Å². The number of halogens is 2. The summed E-state index contributed by atoms with van der Waals surface area (Å²) in [5.74, 6) is -0.388. The summed E-state index contributed by atoms with van der Waals surface area (Å²) < 4.78 is 16.0. The zero-order chi connectivity index (χ0) is 17.0. The van der Waals surface area contributed by atoms with Crippen molar-refractivity contribution in [2.45, 2.75) is 18.4 Å². The highest BCUT2D eigenvalue weighted by atomic mass is 35.5. The second-order valence-corrected chi connectivity index (χ2v) is 6.27. The number of aromatic nitrogens is 4. The van der Waals surface area contributed by atoms with Crippen LogP contribution in [-0.4, -0.2) is 19.3 Å². The van der Waals surface area contributed by atoms with Crippen LogP contribution < -0.4 is 11.1 Å². The van der Waals surface area contributed by atoms with E-state index in [2.05, 4.69) is 10.1 Å². The van der Waals surface area contributed by atoms with Gasteiger partial charge in [0.1, 0.15) is 5.82 Å². The first kappa shape index (κ1) is 15.0. The van der Waals surface area contributed by atoms with Gasteiger partial charge in [-0.05, 0) is 18.1 Å². The van der Waals surface area contributed by atoms with E-state index in [9.17, 15) is 14.0 Å². The Hall–Kier alpha value is -2.54. The predicted octanol–water partition coefficient (Wildman–Crippen LogP) is 2.01. The van der Waals surface area contributed by atoms with Gasteiger partial charge in [-0.2, -0.15) is 5.10 Å². The molecule has 0 aliphatic heterocycles. The van der Waals surface area contributed by atoms with Crippen LogP contribution in [0.4, 0.5) is 4.39 Å². The molecule has 3 aromatic rings. The highest BCUT2D eigenvalue weighted by Gasteiger charge is 2.41. The molecule has 24 heavy (non-hydrogen) atoms. The second kappa shape index (κ2) is 5.24. The molecule has 6 nitrogen and oxygen atoms in total. The topological polar surface area (TPSA) is 69.8 Å². The van der Waals surface area contributed by atoms with Crippen LogP contribution in [0.5, 0.6) is 0 Å². The SMILES string of the molecule is Cn1nc(Cl)c2cn(C3CC3c3cncc(F)c3)c(=O)cc2c1=O. The monoisotopic (exact) mass is 346 g/mol. The number of hydrogen-bond acceptors (Lipinski definition) is 4. The van der Waals surface area contributed by atoms with Crippen molar-refractivity contribution in [3.63, 3.8) is 0 Å². The Morgan fingerprint density at radius 1 is 1.25 bits per heavy atom. The fraction of sp³-hybridized carbons (Fsp3) is 0.250. The molecule has 0 radical (unpaired) electrons. The second-order valence-electron chi connectivity index (χ2n) is 5.91. The summed E-state index contributed by atoms with van der Waals surface area (Å²) in [6, 6.07) is 2.60. The Morgan fingerprint density at radius 2 is 2.04 bits per heavy atom. The highest BCUT2D eigenvalue weighted by molar-refractivity contribution is 6.34.